The molecule has 3 aromatic rings. The van der Waals surface area contributed by atoms with E-state index in [4.69, 9.17) is 9.72 Å². The number of pyridine rings is 1. The Labute approximate surface area is 229 Å². The fourth-order valence-corrected chi connectivity index (χ4v) is 6.34. The summed E-state index contributed by atoms with van der Waals surface area (Å²) in [6.07, 6.45) is 11.3. The molecule has 1 amide bonds. The molecule has 39 heavy (non-hydrogen) atoms. The highest BCUT2D eigenvalue weighted by Crippen LogP contribution is 2.40. The first kappa shape index (κ1) is 26.9. The zero-order chi connectivity index (χ0) is 27.5. The number of methoxy groups -OCH3 is 1. The molecule has 1 aliphatic heterocycles. The van der Waals surface area contributed by atoms with E-state index in [1.165, 1.54) is 12.5 Å². The van der Waals surface area contributed by atoms with Crippen molar-refractivity contribution >= 4 is 22.7 Å². The van der Waals surface area contributed by atoms with Crippen molar-refractivity contribution in [2.45, 2.75) is 63.9 Å². The molecule has 8 heteroatoms. The molecule has 3 heterocycles. The van der Waals surface area contributed by atoms with Gasteiger partial charge in [0.1, 0.15) is 11.4 Å². The van der Waals surface area contributed by atoms with Gasteiger partial charge in [-0.2, -0.15) is 5.26 Å². The minimum absolute atomic E-state index is 0.0815. The highest BCUT2D eigenvalue weighted by molar-refractivity contribution is 5.99. The van der Waals surface area contributed by atoms with Gasteiger partial charge in [-0.1, -0.05) is 31.4 Å². The minimum atomic E-state index is -0.254. The number of likely N-dealkylation sites (tertiary alicyclic amines) is 1. The van der Waals surface area contributed by atoms with Gasteiger partial charge in [0.25, 0.3) is 0 Å². The van der Waals surface area contributed by atoms with Gasteiger partial charge < -0.3 is 19.3 Å². The van der Waals surface area contributed by atoms with E-state index < -0.39 is 0 Å². The summed E-state index contributed by atoms with van der Waals surface area (Å²) in [6, 6.07) is 6.84. The van der Waals surface area contributed by atoms with Crippen LogP contribution in [0.3, 0.4) is 0 Å². The number of carbonyl (C=O) groups excluding carboxylic acids is 2. The number of aliphatic hydroxyl groups excluding tert-OH is 1. The number of amides is 1. The largest absolute Gasteiger partial charge is 0.496 e. The van der Waals surface area contributed by atoms with E-state index in [0.717, 1.165) is 68.2 Å². The lowest BCUT2D eigenvalue weighted by molar-refractivity contribution is -0.137. The molecular formula is C31H36N4O4. The fraction of sp³-hybridized carbons (Fsp3) is 0.484. The summed E-state index contributed by atoms with van der Waals surface area (Å²) < 4.78 is 7.91. The fourth-order valence-electron chi connectivity index (χ4n) is 6.34. The standard InChI is InChI=1S/C31H36N4O4/c1-34-18-26(20-10-12-35(13-11-20)31(38)21-6-4-3-5-7-21)28-29(39-2)25(17-33-30(28)34)15-27(37)22-8-9-23(19-36)24(14-22)16-32/h8-9,14,17-18,20-21,36H,3-7,10-13,15,19H2,1-2H3. The van der Waals surface area contributed by atoms with Crippen LogP contribution in [0.15, 0.2) is 30.6 Å². The number of aliphatic hydroxyl groups is 1. The van der Waals surface area contributed by atoms with E-state index in [9.17, 15) is 20.0 Å². The average Bonchev–Trinajstić information content (AvgIpc) is 3.32. The van der Waals surface area contributed by atoms with Gasteiger partial charge in [0.15, 0.2) is 5.78 Å². The number of nitriles is 1. The number of hydrogen-bond donors (Lipinski definition) is 1. The number of piperidine rings is 1. The Balaban J connectivity index is 1.38. The van der Waals surface area contributed by atoms with Crippen molar-refractivity contribution in [2.75, 3.05) is 20.2 Å². The second-order valence-corrected chi connectivity index (χ2v) is 10.9. The first-order chi connectivity index (χ1) is 18.9. The highest BCUT2D eigenvalue weighted by Gasteiger charge is 2.31. The van der Waals surface area contributed by atoms with Crippen LogP contribution in [0.1, 0.15) is 83.5 Å². The number of rotatable bonds is 7. The van der Waals surface area contributed by atoms with Crippen molar-refractivity contribution < 1.29 is 19.4 Å². The molecule has 0 atom stereocenters. The van der Waals surface area contributed by atoms with Crippen LogP contribution in [0.4, 0.5) is 0 Å². The van der Waals surface area contributed by atoms with Gasteiger partial charge in [-0.05, 0) is 48.8 Å². The van der Waals surface area contributed by atoms with Crippen molar-refractivity contribution in [3.05, 3.63) is 58.4 Å². The Morgan fingerprint density at radius 3 is 2.54 bits per heavy atom. The highest BCUT2D eigenvalue weighted by atomic mass is 16.5. The lowest BCUT2D eigenvalue weighted by atomic mass is 9.85. The third-order valence-electron chi connectivity index (χ3n) is 8.52. The Kier molecular flexibility index (Phi) is 7.99. The van der Waals surface area contributed by atoms with Crippen LogP contribution < -0.4 is 4.74 Å². The molecule has 2 fully saturated rings. The lowest BCUT2D eigenvalue weighted by Crippen LogP contribution is -2.41. The molecule has 204 valence electrons. The molecule has 1 saturated carbocycles. The number of carbonyl (C=O) groups is 2. The number of aromatic nitrogens is 2. The van der Waals surface area contributed by atoms with Crippen molar-refractivity contribution in [3.63, 3.8) is 0 Å². The van der Waals surface area contributed by atoms with E-state index in [-0.39, 0.29) is 30.6 Å². The summed E-state index contributed by atoms with van der Waals surface area (Å²) in [5.74, 6) is 1.30. The summed E-state index contributed by atoms with van der Waals surface area (Å²) in [7, 11) is 3.59. The molecule has 0 bridgehead atoms. The maximum absolute atomic E-state index is 13.2. The number of fused-ring (bicyclic) bond motifs is 1. The zero-order valence-corrected chi connectivity index (χ0v) is 22.8. The average molecular weight is 529 g/mol. The van der Waals surface area contributed by atoms with Gasteiger partial charge in [-0.25, -0.2) is 4.98 Å². The summed E-state index contributed by atoms with van der Waals surface area (Å²) in [5.41, 5.74) is 3.84. The third-order valence-corrected chi connectivity index (χ3v) is 8.52. The normalized spacial score (nSPS) is 16.8. The van der Waals surface area contributed by atoms with Crippen molar-refractivity contribution in [2.24, 2.45) is 13.0 Å². The molecule has 1 aromatic carbocycles. The number of hydrogen-bond acceptors (Lipinski definition) is 6. The zero-order valence-electron chi connectivity index (χ0n) is 22.8. The Morgan fingerprint density at radius 2 is 1.87 bits per heavy atom. The van der Waals surface area contributed by atoms with Crippen LogP contribution in [-0.4, -0.2) is 51.4 Å². The second kappa shape index (κ2) is 11.6. The first-order valence-corrected chi connectivity index (χ1v) is 13.9. The molecule has 2 aromatic heterocycles. The summed E-state index contributed by atoms with van der Waals surface area (Å²) in [6.45, 7) is 1.26. The van der Waals surface area contributed by atoms with E-state index in [1.807, 2.05) is 11.6 Å². The number of nitrogens with zero attached hydrogens (tertiary/aromatic N) is 4. The van der Waals surface area contributed by atoms with E-state index >= 15 is 0 Å². The van der Waals surface area contributed by atoms with Crippen LogP contribution in [-0.2, 0) is 24.9 Å². The van der Waals surface area contributed by atoms with Crippen molar-refractivity contribution in [1.82, 2.24) is 14.5 Å². The number of ketones is 1. The summed E-state index contributed by atoms with van der Waals surface area (Å²) >= 11 is 0. The van der Waals surface area contributed by atoms with Crippen molar-refractivity contribution in [3.8, 4) is 11.8 Å². The van der Waals surface area contributed by atoms with Gasteiger partial charge in [0.05, 0.1) is 30.7 Å². The van der Waals surface area contributed by atoms with Crippen LogP contribution in [0.5, 0.6) is 5.75 Å². The molecule has 5 rings (SSSR count). The smallest absolute Gasteiger partial charge is 0.225 e. The monoisotopic (exact) mass is 528 g/mol. The molecule has 0 spiro atoms. The molecule has 1 aliphatic carbocycles. The van der Waals surface area contributed by atoms with Crippen LogP contribution in [0, 0.1) is 17.2 Å². The number of aryl methyl sites for hydroxylation is 1. The summed E-state index contributed by atoms with van der Waals surface area (Å²) in [5, 5.41) is 19.8. The Morgan fingerprint density at radius 1 is 1.13 bits per heavy atom. The maximum Gasteiger partial charge on any atom is 0.225 e. The van der Waals surface area contributed by atoms with E-state index in [2.05, 4.69) is 17.2 Å². The number of ether oxygens (including phenoxy) is 1. The minimum Gasteiger partial charge on any atom is -0.496 e. The van der Waals surface area contributed by atoms with Crippen LogP contribution in [0.2, 0.25) is 0 Å². The molecule has 0 radical (unpaired) electrons. The third kappa shape index (κ3) is 5.28. The number of Topliss-reactive ketones (excluding diaryl/α,β-unsaturated/α-hetero) is 1. The van der Waals surface area contributed by atoms with Gasteiger partial charge in [0, 0.05) is 56.0 Å². The Bertz CT molecular complexity index is 1420. The predicted octanol–water partition coefficient (Wildman–Crippen LogP) is 4.66. The van der Waals surface area contributed by atoms with Gasteiger partial charge in [0.2, 0.25) is 5.91 Å². The maximum atomic E-state index is 13.2. The van der Waals surface area contributed by atoms with E-state index in [0.29, 0.717) is 33.9 Å². The summed E-state index contributed by atoms with van der Waals surface area (Å²) in [4.78, 5) is 33.1. The topological polar surface area (TPSA) is 108 Å². The Hall–Kier alpha value is -3.70. The molecule has 1 N–H and O–H groups in total. The van der Waals surface area contributed by atoms with Gasteiger partial charge >= 0.3 is 0 Å². The van der Waals surface area contributed by atoms with Gasteiger partial charge in [-0.15, -0.1) is 0 Å². The SMILES string of the molecule is COc1c(CC(=O)c2ccc(CO)c(C#N)c2)cnc2c1c(C1CCN(C(=O)C3CCCCC3)CC1)cn2C. The number of benzene rings is 1. The van der Waals surface area contributed by atoms with Gasteiger partial charge in [-0.3, -0.25) is 9.59 Å². The molecule has 2 aliphatic rings. The predicted molar refractivity (Wildman–Crippen MR) is 148 cm³/mol. The molecule has 8 nitrogen and oxygen atoms in total. The lowest BCUT2D eigenvalue weighted by Gasteiger charge is -2.35. The molecular weight excluding hydrogens is 492 g/mol. The van der Waals surface area contributed by atoms with Crippen LogP contribution >= 0.6 is 0 Å². The van der Waals surface area contributed by atoms with Crippen LogP contribution in [0.25, 0.3) is 11.0 Å². The second-order valence-electron chi connectivity index (χ2n) is 10.9. The molecule has 1 saturated heterocycles. The first-order valence-electron chi connectivity index (χ1n) is 13.9. The quantitative estimate of drug-likeness (QED) is 0.447. The van der Waals surface area contributed by atoms with E-state index in [1.54, 1.807) is 25.4 Å². The van der Waals surface area contributed by atoms with Crippen molar-refractivity contribution in [1.29, 1.82) is 5.26 Å². The molecule has 0 unspecified atom stereocenters.